The number of likely N-dealkylation sites (N-methyl/N-ethyl adjacent to an activating group) is 1. The Kier molecular flexibility index (Phi) is 6.01. The summed E-state index contributed by atoms with van der Waals surface area (Å²) in [7, 11) is -1.10. The molecule has 5 nitrogen and oxygen atoms in total. The predicted molar refractivity (Wildman–Crippen MR) is 78.8 cm³/mol. The van der Waals surface area contributed by atoms with Crippen LogP contribution < -0.4 is 4.72 Å². The molecule has 0 aromatic heterocycles. The Labute approximate surface area is 129 Å². The third-order valence-electron chi connectivity index (χ3n) is 3.23. The molecule has 1 N–H and O–H groups in total. The van der Waals surface area contributed by atoms with E-state index in [9.17, 15) is 22.0 Å². The summed E-state index contributed by atoms with van der Waals surface area (Å²) in [4.78, 5) is 12.9. The summed E-state index contributed by atoms with van der Waals surface area (Å²) in [5.74, 6) is -2.83. The van der Waals surface area contributed by atoms with Gasteiger partial charge in [0.05, 0.1) is 6.04 Å². The lowest BCUT2D eigenvalue weighted by atomic mass is 10.1. The van der Waals surface area contributed by atoms with Crippen LogP contribution in [0.1, 0.15) is 25.3 Å². The number of halogens is 2. The fraction of sp³-hybridized carbons (Fsp3) is 0.500. The molecule has 1 atom stereocenters. The van der Waals surface area contributed by atoms with Crippen LogP contribution in [0.4, 0.5) is 8.78 Å². The third-order valence-corrected chi connectivity index (χ3v) is 4.59. The fourth-order valence-corrected chi connectivity index (χ4v) is 3.15. The van der Waals surface area contributed by atoms with E-state index in [1.807, 2.05) is 11.6 Å². The molecule has 22 heavy (non-hydrogen) atoms. The summed E-state index contributed by atoms with van der Waals surface area (Å²) < 4.78 is 53.1. The Morgan fingerprint density at radius 2 is 1.86 bits per heavy atom. The van der Waals surface area contributed by atoms with Crippen molar-refractivity contribution in [2.75, 3.05) is 14.1 Å². The van der Waals surface area contributed by atoms with E-state index in [4.69, 9.17) is 0 Å². The first kappa shape index (κ1) is 18.5. The van der Waals surface area contributed by atoms with Crippen molar-refractivity contribution >= 4 is 15.9 Å². The third kappa shape index (κ3) is 4.23. The molecule has 0 radical (unpaired) electrons. The van der Waals surface area contributed by atoms with Gasteiger partial charge >= 0.3 is 0 Å². The number of hydrogen-bond donors (Lipinski definition) is 1. The second-order valence-corrected chi connectivity index (χ2v) is 6.92. The molecule has 0 fully saturated rings. The Morgan fingerprint density at radius 1 is 1.27 bits per heavy atom. The number of carbonyl (C=O) groups is 1. The van der Waals surface area contributed by atoms with Crippen molar-refractivity contribution in [1.29, 1.82) is 0 Å². The summed E-state index contributed by atoms with van der Waals surface area (Å²) in [5, 5.41) is 0. The molecule has 0 saturated carbocycles. The highest BCUT2D eigenvalue weighted by molar-refractivity contribution is 7.90. The van der Waals surface area contributed by atoms with Gasteiger partial charge in [-0.15, -0.1) is 0 Å². The number of amides is 1. The van der Waals surface area contributed by atoms with Gasteiger partial charge in [-0.3, -0.25) is 9.69 Å². The predicted octanol–water partition coefficient (Wildman–Crippen LogP) is 1.81. The zero-order valence-electron chi connectivity index (χ0n) is 13.0. The second kappa shape index (κ2) is 7.15. The summed E-state index contributed by atoms with van der Waals surface area (Å²) in [6.07, 6.45) is 1.14. The maximum atomic E-state index is 13.7. The van der Waals surface area contributed by atoms with Gasteiger partial charge in [-0.25, -0.2) is 21.9 Å². The number of sulfonamides is 1. The van der Waals surface area contributed by atoms with E-state index >= 15 is 0 Å². The van der Waals surface area contributed by atoms with Crippen molar-refractivity contribution in [3.8, 4) is 0 Å². The molecule has 0 bridgehead atoms. The maximum Gasteiger partial charge on any atom is 0.267 e. The first-order chi connectivity index (χ1) is 10.1. The maximum absolute atomic E-state index is 13.7. The molecule has 0 heterocycles. The molecule has 1 aromatic rings. The highest BCUT2D eigenvalue weighted by Crippen LogP contribution is 2.19. The van der Waals surface area contributed by atoms with E-state index in [0.717, 1.165) is 6.07 Å². The summed E-state index contributed by atoms with van der Waals surface area (Å²) in [6, 6.07) is 0.707. The standard InChI is InChI=1S/C14H20F2N2O3S/c1-5-6-12(18(3)4)14(19)17-22(20,21)13-7-9(2)10(15)8-11(13)16/h7-8,12H,5-6H2,1-4H3,(H,17,19)/t12-/m0/s1. The van der Waals surface area contributed by atoms with Gasteiger partial charge in [0.2, 0.25) is 0 Å². The molecule has 1 amide bonds. The fourth-order valence-electron chi connectivity index (χ4n) is 1.99. The molecule has 8 heteroatoms. The van der Waals surface area contributed by atoms with Crippen LogP contribution in [0, 0.1) is 18.6 Å². The van der Waals surface area contributed by atoms with E-state index in [0.29, 0.717) is 18.9 Å². The molecule has 124 valence electrons. The van der Waals surface area contributed by atoms with E-state index in [1.165, 1.54) is 6.92 Å². The quantitative estimate of drug-likeness (QED) is 0.862. The van der Waals surface area contributed by atoms with Gasteiger partial charge in [0.1, 0.15) is 16.5 Å². The van der Waals surface area contributed by atoms with Crippen LogP contribution in [-0.2, 0) is 14.8 Å². The molecular weight excluding hydrogens is 314 g/mol. The number of hydrogen-bond acceptors (Lipinski definition) is 4. The Morgan fingerprint density at radius 3 is 2.36 bits per heavy atom. The largest absolute Gasteiger partial charge is 0.298 e. The molecule has 0 aliphatic rings. The molecule has 0 unspecified atom stereocenters. The molecule has 0 saturated heterocycles. The van der Waals surface area contributed by atoms with Gasteiger partial charge in [0.25, 0.3) is 15.9 Å². The Hall–Kier alpha value is -1.54. The van der Waals surface area contributed by atoms with E-state index in [1.54, 1.807) is 19.0 Å². The lowest BCUT2D eigenvalue weighted by Crippen LogP contribution is -2.45. The number of nitrogens with zero attached hydrogens (tertiary/aromatic N) is 1. The molecule has 0 aliphatic heterocycles. The lowest BCUT2D eigenvalue weighted by Gasteiger charge is -2.22. The average molecular weight is 334 g/mol. The molecule has 0 spiro atoms. The highest BCUT2D eigenvalue weighted by atomic mass is 32.2. The van der Waals surface area contributed by atoms with Crippen LogP contribution in [-0.4, -0.2) is 39.4 Å². The number of benzene rings is 1. The monoisotopic (exact) mass is 334 g/mol. The number of aryl methyl sites for hydroxylation is 1. The lowest BCUT2D eigenvalue weighted by molar-refractivity contribution is -0.123. The number of nitrogens with one attached hydrogen (secondary N) is 1. The van der Waals surface area contributed by atoms with Crippen LogP contribution in [0.2, 0.25) is 0 Å². The first-order valence-corrected chi connectivity index (χ1v) is 8.27. The van der Waals surface area contributed by atoms with Gasteiger partial charge in [0, 0.05) is 6.07 Å². The van der Waals surface area contributed by atoms with Crippen molar-refractivity contribution in [3.63, 3.8) is 0 Å². The van der Waals surface area contributed by atoms with Crippen molar-refractivity contribution in [2.45, 2.75) is 37.6 Å². The van der Waals surface area contributed by atoms with Crippen LogP contribution >= 0.6 is 0 Å². The zero-order valence-corrected chi connectivity index (χ0v) is 13.8. The minimum Gasteiger partial charge on any atom is -0.298 e. The smallest absolute Gasteiger partial charge is 0.267 e. The van der Waals surface area contributed by atoms with Crippen molar-refractivity contribution < 1.29 is 22.0 Å². The number of rotatable bonds is 6. The minimum absolute atomic E-state index is 0.0214. The Bertz CT molecular complexity index is 660. The van der Waals surface area contributed by atoms with Gasteiger partial charge in [-0.05, 0) is 39.1 Å². The highest BCUT2D eigenvalue weighted by Gasteiger charge is 2.28. The second-order valence-electron chi connectivity index (χ2n) is 5.27. The van der Waals surface area contributed by atoms with E-state index in [2.05, 4.69) is 0 Å². The molecule has 1 aromatic carbocycles. The normalized spacial score (nSPS) is 13.2. The van der Waals surface area contributed by atoms with Crippen LogP contribution in [0.15, 0.2) is 17.0 Å². The van der Waals surface area contributed by atoms with Gasteiger partial charge in [0.15, 0.2) is 0 Å². The van der Waals surface area contributed by atoms with Crippen LogP contribution in [0.25, 0.3) is 0 Å². The van der Waals surface area contributed by atoms with Gasteiger partial charge in [-0.1, -0.05) is 13.3 Å². The van der Waals surface area contributed by atoms with Gasteiger partial charge < -0.3 is 0 Å². The summed E-state index contributed by atoms with van der Waals surface area (Å²) in [6.45, 7) is 3.18. The topological polar surface area (TPSA) is 66.5 Å². The molecule has 0 aliphatic carbocycles. The van der Waals surface area contributed by atoms with E-state index in [-0.39, 0.29) is 5.56 Å². The van der Waals surface area contributed by atoms with Gasteiger partial charge in [-0.2, -0.15) is 0 Å². The average Bonchev–Trinajstić information content (AvgIpc) is 2.38. The molecule has 1 rings (SSSR count). The number of carbonyl (C=O) groups excluding carboxylic acids is 1. The molecular formula is C14H20F2N2O3S. The van der Waals surface area contributed by atoms with Crippen molar-refractivity contribution in [1.82, 2.24) is 9.62 Å². The van der Waals surface area contributed by atoms with Crippen molar-refractivity contribution in [2.24, 2.45) is 0 Å². The van der Waals surface area contributed by atoms with E-state index < -0.39 is 38.5 Å². The minimum atomic E-state index is -4.39. The summed E-state index contributed by atoms with van der Waals surface area (Å²) >= 11 is 0. The Balaban J connectivity index is 3.10. The zero-order chi connectivity index (χ0) is 17.1. The van der Waals surface area contributed by atoms with Crippen molar-refractivity contribution in [3.05, 3.63) is 29.3 Å². The SMILES string of the molecule is CCC[C@@H](C(=O)NS(=O)(=O)c1cc(C)c(F)cc1F)N(C)C. The van der Waals surface area contributed by atoms with Crippen LogP contribution in [0.5, 0.6) is 0 Å². The first-order valence-electron chi connectivity index (χ1n) is 6.79. The summed E-state index contributed by atoms with van der Waals surface area (Å²) in [5.41, 5.74) is -0.0214. The van der Waals surface area contributed by atoms with Crippen LogP contribution in [0.3, 0.4) is 0 Å².